The monoisotopic (exact) mass is 309 g/mol. The number of hydrogen-bond acceptors (Lipinski definition) is 3. The van der Waals surface area contributed by atoms with E-state index in [9.17, 15) is 0 Å². The minimum absolute atomic E-state index is 0.282. The number of nitrogens with zero attached hydrogens (tertiary/aromatic N) is 3. The molecule has 3 aromatic rings. The predicted molar refractivity (Wildman–Crippen MR) is 77.8 cm³/mol. The van der Waals surface area contributed by atoms with E-state index in [1.165, 1.54) is 0 Å². The summed E-state index contributed by atoms with van der Waals surface area (Å²) in [6.07, 6.45) is 1.67. The minimum atomic E-state index is 0.282. The van der Waals surface area contributed by atoms with Crippen LogP contribution < -0.4 is 0 Å². The molecule has 3 nitrogen and oxygen atoms in total. The highest BCUT2D eigenvalue weighted by Crippen LogP contribution is 2.30. The lowest BCUT2D eigenvalue weighted by Gasteiger charge is -2.05. The van der Waals surface area contributed by atoms with Gasteiger partial charge in [-0.1, -0.05) is 40.9 Å². The molecule has 19 heavy (non-hydrogen) atoms. The van der Waals surface area contributed by atoms with Gasteiger partial charge in [0.1, 0.15) is 5.69 Å². The molecule has 2 aromatic heterocycles. The molecule has 0 aliphatic carbocycles. The van der Waals surface area contributed by atoms with Crippen LogP contribution in [0.4, 0.5) is 0 Å². The summed E-state index contributed by atoms with van der Waals surface area (Å²) in [5.41, 5.74) is 2.40. The van der Waals surface area contributed by atoms with Gasteiger partial charge in [0, 0.05) is 6.20 Å². The Balaban J connectivity index is 2.27. The zero-order chi connectivity index (χ0) is 13.4. The molecule has 0 unspecified atom stereocenters. The molecule has 0 atom stereocenters. The van der Waals surface area contributed by atoms with Crippen molar-refractivity contribution in [2.24, 2.45) is 0 Å². The zero-order valence-electron chi connectivity index (χ0n) is 9.44. The second-order valence-electron chi connectivity index (χ2n) is 3.83. The maximum atomic E-state index is 6.14. The van der Waals surface area contributed by atoms with Crippen LogP contribution in [0, 0.1) is 0 Å². The maximum absolute atomic E-state index is 6.14. The maximum Gasteiger partial charge on any atom is 0.157 e. The molecule has 0 bridgehead atoms. The van der Waals surface area contributed by atoms with Crippen LogP contribution in [0.15, 0.2) is 36.5 Å². The second-order valence-corrected chi connectivity index (χ2v) is 5.01. The Morgan fingerprint density at radius 1 is 0.842 bits per heavy atom. The first-order chi connectivity index (χ1) is 9.15. The number of fused-ring (bicyclic) bond motifs is 1. The Bertz CT molecular complexity index is 760. The van der Waals surface area contributed by atoms with Crippen molar-refractivity contribution in [3.8, 4) is 11.4 Å². The predicted octanol–water partition coefficient (Wildman–Crippen LogP) is 4.65. The van der Waals surface area contributed by atoms with E-state index in [4.69, 9.17) is 34.8 Å². The molecule has 6 heteroatoms. The van der Waals surface area contributed by atoms with Crippen molar-refractivity contribution in [3.05, 3.63) is 51.7 Å². The van der Waals surface area contributed by atoms with Crippen LogP contribution in [-0.4, -0.2) is 15.0 Å². The van der Waals surface area contributed by atoms with Crippen LogP contribution in [0.3, 0.4) is 0 Å². The molecule has 0 radical (unpaired) electrons. The molecule has 0 spiro atoms. The normalized spacial score (nSPS) is 10.9. The molecule has 0 fully saturated rings. The third kappa shape index (κ3) is 2.37. The van der Waals surface area contributed by atoms with Gasteiger partial charge in [0.2, 0.25) is 0 Å². The van der Waals surface area contributed by atoms with E-state index in [0.29, 0.717) is 32.5 Å². The van der Waals surface area contributed by atoms with Crippen molar-refractivity contribution in [1.82, 2.24) is 15.0 Å². The molecular weight excluding hydrogens is 305 g/mol. The van der Waals surface area contributed by atoms with E-state index in [1.807, 2.05) is 18.2 Å². The second kappa shape index (κ2) is 4.93. The van der Waals surface area contributed by atoms with E-state index in [0.717, 1.165) is 0 Å². The summed E-state index contributed by atoms with van der Waals surface area (Å²) in [5.74, 6) is 0. The van der Waals surface area contributed by atoms with E-state index in [2.05, 4.69) is 15.0 Å². The fourth-order valence-electron chi connectivity index (χ4n) is 1.70. The lowest BCUT2D eigenvalue weighted by atomic mass is 10.2. The van der Waals surface area contributed by atoms with Crippen LogP contribution in [0.25, 0.3) is 22.4 Å². The van der Waals surface area contributed by atoms with Gasteiger partial charge < -0.3 is 0 Å². The molecule has 0 aliphatic rings. The smallest absolute Gasteiger partial charge is 0.157 e. The SMILES string of the molecule is Clc1cc2nc(Cl)c(-c3ccccn3)nc2cc1Cl. The van der Waals surface area contributed by atoms with E-state index in [-0.39, 0.29) is 5.15 Å². The summed E-state index contributed by atoms with van der Waals surface area (Å²) in [4.78, 5) is 12.9. The van der Waals surface area contributed by atoms with Crippen molar-refractivity contribution in [2.75, 3.05) is 0 Å². The van der Waals surface area contributed by atoms with Crippen LogP contribution >= 0.6 is 34.8 Å². The van der Waals surface area contributed by atoms with Crippen LogP contribution in [0.1, 0.15) is 0 Å². The summed E-state index contributed by atoms with van der Waals surface area (Å²) in [6.45, 7) is 0. The van der Waals surface area contributed by atoms with E-state index in [1.54, 1.807) is 18.3 Å². The van der Waals surface area contributed by atoms with Gasteiger partial charge in [-0.2, -0.15) is 0 Å². The zero-order valence-corrected chi connectivity index (χ0v) is 11.7. The highest BCUT2D eigenvalue weighted by molar-refractivity contribution is 6.42. The summed E-state index contributed by atoms with van der Waals surface area (Å²) in [7, 11) is 0. The van der Waals surface area contributed by atoms with Gasteiger partial charge >= 0.3 is 0 Å². The summed E-state index contributed by atoms with van der Waals surface area (Å²) < 4.78 is 0. The fourth-order valence-corrected chi connectivity index (χ4v) is 2.24. The van der Waals surface area contributed by atoms with Gasteiger partial charge in [-0.15, -0.1) is 0 Å². The summed E-state index contributed by atoms with van der Waals surface area (Å²) >= 11 is 18.1. The lowest BCUT2D eigenvalue weighted by molar-refractivity contribution is 1.23. The molecule has 0 amide bonds. The molecule has 2 heterocycles. The summed E-state index contributed by atoms with van der Waals surface area (Å²) in [6, 6.07) is 8.80. The Morgan fingerprint density at radius 3 is 2.16 bits per heavy atom. The first kappa shape index (κ1) is 12.6. The Labute approximate surface area is 124 Å². The van der Waals surface area contributed by atoms with Crippen molar-refractivity contribution >= 4 is 45.8 Å². The van der Waals surface area contributed by atoms with Gasteiger partial charge in [0.05, 0.1) is 26.8 Å². The molecule has 94 valence electrons. The number of aromatic nitrogens is 3. The average molecular weight is 311 g/mol. The number of halogens is 3. The molecule has 3 rings (SSSR count). The first-order valence-corrected chi connectivity index (χ1v) is 6.52. The Kier molecular flexibility index (Phi) is 3.27. The Morgan fingerprint density at radius 2 is 1.53 bits per heavy atom. The quantitative estimate of drug-likeness (QED) is 0.656. The number of rotatable bonds is 1. The van der Waals surface area contributed by atoms with Crippen LogP contribution in [-0.2, 0) is 0 Å². The van der Waals surface area contributed by atoms with Gasteiger partial charge in [-0.3, -0.25) is 4.98 Å². The van der Waals surface area contributed by atoms with Gasteiger partial charge in [0.15, 0.2) is 5.15 Å². The minimum Gasteiger partial charge on any atom is -0.255 e. The third-order valence-corrected chi connectivity index (χ3v) is 3.56. The number of hydrogen-bond donors (Lipinski definition) is 0. The van der Waals surface area contributed by atoms with Crippen molar-refractivity contribution in [3.63, 3.8) is 0 Å². The van der Waals surface area contributed by atoms with E-state index >= 15 is 0 Å². The number of pyridine rings is 1. The topological polar surface area (TPSA) is 38.7 Å². The van der Waals surface area contributed by atoms with Gasteiger partial charge in [-0.05, 0) is 24.3 Å². The van der Waals surface area contributed by atoms with Gasteiger partial charge in [0.25, 0.3) is 0 Å². The molecule has 1 aromatic carbocycles. The largest absolute Gasteiger partial charge is 0.255 e. The van der Waals surface area contributed by atoms with Crippen molar-refractivity contribution in [1.29, 1.82) is 0 Å². The van der Waals surface area contributed by atoms with E-state index < -0.39 is 0 Å². The number of benzene rings is 1. The fraction of sp³-hybridized carbons (Fsp3) is 0. The molecular formula is C13H6Cl3N3. The molecule has 0 aliphatic heterocycles. The summed E-state index contributed by atoms with van der Waals surface area (Å²) in [5, 5.41) is 1.13. The standard InChI is InChI=1S/C13H6Cl3N3/c14-7-5-10-11(6-8(7)15)19-13(16)12(18-10)9-3-1-2-4-17-9/h1-6H. The van der Waals surface area contributed by atoms with Gasteiger partial charge in [-0.25, -0.2) is 9.97 Å². The molecule has 0 N–H and O–H groups in total. The van der Waals surface area contributed by atoms with Crippen LogP contribution in [0.2, 0.25) is 15.2 Å². The first-order valence-electron chi connectivity index (χ1n) is 5.39. The molecule has 0 saturated carbocycles. The molecule has 0 saturated heterocycles. The Hall–Kier alpha value is -1.42. The van der Waals surface area contributed by atoms with Crippen molar-refractivity contribution < 1.29 is 0 Å². The van der Waals surface area contributed by atoms with Crippen molar-refractivity contribution in [2.45, 2.75) is 0 Å². The highest BCUT2D eigenvalue weighted by atomic mass is 35.5. The lowest BCUT2D eigenvalue weighted by Crippen LogP contribution is -1.93. The third-order valence-electron chi connectivity index (χ3n) is 2.57. The van der Waals surface area contributed by atoms with Crippen LogP contribution in [0.5, 0.6) is 0 Å². The average Bonchev–Trinajstić information content (AvgIpc) is 2.41. The highest BCUT2D eigenvalue weighted by Gasteiger charge is 2.11.